The number of carboxylic acids is 1. The fourth-order valence-electron chi connectivity index (χ4n) is 1.06. The van der Waals surface area contributed by atoms with E-state index in [0.717, 1.165) is 12.2 Å². The molecular weight excluding hydrogens is 279 g/mol. The number of alkyl halides is 3. The SMILES string of the molecule is C/C=N/C(=C\C=C(/CCOC)C(=O)O)OCC(F)(F)F. The molecule has 0 saturated carbocycles. The molecule has 0 atom stereocenters. The lowest BCUT2D eigenvalue weighted by molar-refractivity contribution is -0.164. The molecule has 0 spiro atoms. The van der Waals surface area contributed by atoms with Crippen LogP contribution in [0.5, 0.6) is 0 Å². The average Bonchev–Trinajstić information content (AvgIpc) is 2.34. The summed E-state index contributed by atoms with van der Waals surface area (Å²) in [5, 5.41) is 8.89. The minimum absolute atomic E-state index is 0.0220. The molecule has 0 unspecified atom stereocenters. The molecule has 0 aliphatic heterocycles. The fourth-order valence-corrected chi connectivity index (χ4v) is 1.06. The van der Waals surface area contributed by atoms with Crippen LogP contribution in [0.1, 0.15) is 13.3 Å². The van der Waals surface area contributed by atoms with E-state index in [4.69, 9.17) is 9.84 Å². The highest BCUT2D eigenvalue weighted by molar-refractivity contribution is 5.86. The number of carboxylic acid groups (broad SMARTS) is 1. The van der Waals surface area contributed by atoms with Gasteiger partial charge in [0.2, 0.25) is 5.88 Å². The average molecular weight is 295 g/mol. The Hall–Kier alpha value is -1.83. The quantitative estimate of drug-likeness (QED) is 0.323. The van der Waals surface area contributed by atoms with E-state index in [0.29, 0.717) is 0 Å². The van der Waals surface area contributed by atoms with Crippen molar-refractivity contribution in [2.24, 2.45) is 4.99 Å². The van der Waals surface area contributed by atoms with Crippen molar-refractivity contribution in [3.05, 3.63) is 23.6 Å². The third-order valence-corrected chi connectivity index (χ3v) is 1.92. The smallest absolute Gasteiger partial charge is 0.422 e. The van der Waals surface area contributed by atoms with Gasteiger partial charge in [-0.3, -0.25) is 0 Å². The summed E-state index contributed by atoms with van der Waals surface area (Å²) in [5.41, 5.74) is -0.0220. The van der Waals surface area contributed by atoms with Crippen molar-refractivity contribution in [3.63, 3.8) is 0 Å². The van der Waals surface area contributed by atoms with Crippen LogP contribution in [0.3, 0.4) is 0 Å². The minimum atomic E-state index is -4.49. The zero-order valence-electron chi connectivity index (χ0n) is 11.1. The van der Waals surface area contributed by atoms with E-state index in [9.17, 15) is 18.0 Å². The van der Waals surface area contributed by atoms with Crippen molar-refractivity contribution in [1.82, 2.24) is 0 Å². The third-order valence-electron chi connectivity index (χ3n) is 1.92. The Morgan fingerprint density at radius 2 is 2.00 bits per heavy atom. The summed E-state index contributed by atoms with van der Waals surface area (Å²) in [6.07, 6.45) is -0.918. The van der Waals surface area contributed by atoms with Crippen LogP contribution in [-0.4, -0.2) is 43.8 Å². The normalized spacial score (nSPS) is 13.8. The lowest BCUT2D eigenvalue weighted by atomic mass is 10.2. The zero-order valence-corrected chi connectivity index (χ0v) is 11.1. The van der Waals surface area contributed by atoms with Gasteiger partial charge in [-0.2, -0.15) is 13.2 Å². The molecular formula is C12H16F3NO4. The predicted molar refractivity (Wildman–Crippen MR) is 66.5 cm³/mol. The predicted octanol–water partition coefficient (Wildman–Crippen LogP) is 2.54. The standard InChI is InChI=1S/C12H16F3NO4/c1-3-16-10(20-8-12(13,14)15)5-4-9(11(17)18)6-7-19-2/h3-5H,6-8H2,1-2H3,(H,17,18)/b9-4+,10-5+,16-3+. The van der Waals surface area contributed by atoms with Gasteiger partial charge in [-0.05, 0) is 13.0 Å². The fraction of sp³-hybridized carbons (Fsp3) is 0.500. The highest BCUT2D eigenvalue weighted by atomic mass is 19.4. The zero-order chi connectivity index (χ0) is 15.6. The van der Waals surface area contributed by atoms with Gasteiger partial charge in [-0.25, -0.2) is 9.79 Å². The highest BCUT2D eigenvalue weighted by Crippen LogP contribution is 2.17. The van der Waals surface area contributed by atoms with Crippen molar-refractivity contribution in [1.29, 1.82) is 0 Å². The summed E-state index contributed by atoms with van der Waals surface area (Å²) >= 11 is 0. The van der Waals surface area contributed by atoms with Gasteiger partial charge < -0.3 is 14.6 Å². The second kappa shape index (κ2) is 9.13. The maximum absolute atomic E-state index is 12.0. The Morgan fingerprint density at radius 1 is 1.35 bits per heavy atom. The molecule has 0 aliphatic rings. The molecule has 0 aliphatic carbocycles. The lowest BCUT2D eigenvalue weighted by Crippen LogP contribution is -2.16. The first-order valence-electron chi connectivity index (χ1n) is 5.61. The summed E-state index contributed by atoms with van der Waals surface area (Å²) in [6.45, 7) is 0.184. The first-order valence-corrected chi connectivity index (χ1v) is 5.61. The van der Waals surface area contributed by atoms with Gasteiger partial charge in [0.15, 0.2) is 6.61 Å². The van der Waals surface area contributed by atoms with Gasteiger partial charge >= 0.3 is 12.1 Å². The number of ether oxygens (including phenoxy) is 2. The number of halogens is 3. The van der Waals surface area contributed by atoms with Crippen LogP contribution in [0.4, 0.5) is 13.2 Å². The number of aliphatic imine (C=N–C) groups is 1. The van der Waals surface area contributed by atoms with Gasteiger partial charge in [0.1, 0.15) is 0 Å². The Labute approximate surface area is 114 Å². The number of aliphatic carboxylic acids is 1. The number of rotatable bonds is 8. The number of hydrogen-bond donors (Lipinski definition) is 1. The molecule has 0 rings (SSSR count). The third kappa shape index (κ3) is 9.15. The number of nitrogens with zero attached hydrogens (tertiary/aromatic N) is 1. The Kier molecular flexibility index (Phi) is 8.30. The van der Waals surface area contributed by atoms with Gasteiger partial charge in [0.25, 0.3) is 0 Å². The maximum atomic E-state index is 12.0. The van der Waals surface area contributed by atoms with E-state index in [-0.39, 0.29) is 24.5 Å². The number of carbonyl (C=O) groups is 1. The molecule has 0 aromatic heterocycles. The second-order valence-corrected chi connectivity index (χ2v) is 3.54. The molecule has 0 fully saturated rings. The maximum Gasteiger partial charge on any atom is 0.422 e. The van der Waals surface area contributed by atoms with E-state index in [1.165, 1.54) is 20.2 Å². The Bertz CT molecular complexity index is 400. The summed E-state index contributed by atoms with van der Waals surface area (Å²) in [4.78, 5) is 14.5. The minimum Gasteiger partial charge on any atom is -0.478 e. The number of methoxy groups -OCH3 is 1. The van der Waals surface area contributed by atoms with Crippen molar-refractivity contribution in [2.75, 3.05) is 20.3 Å². The van der Waals surface area contributed by atoms with Gasteiger partial charge in [-0.1, -0.05) is 0 Å². The molecule has 8 heteroatoms. The molecule has 20 heavy (non-hydrogen) atoms. The molecule has 0 radical (unpaired) electrons. The van der Waals surface area contributed by atoms with Crippen LogP contribution >= 0.6 is 0 Å². The number of hydrogen-bond acceptors (Lipinski definition) is 4. The van der Waals surface area contributed by atoms with Crippen molar-refractivity contribution in [2.45, 2.75) is 19.5 Å². The summed E-state index contributed by atoms with van der Waals surface area (Å²) in [6, 6.07) is 0. The van der Waals surface area contributed by atoms with E-state index in [1.807, 2.05) is 0 Å². The van der Waals surface area contributed by atoms with Gasteiger partial charge in [0, 0.05) is 31.4 Å². The van der Waals surface area contributed by atoms with Crippen LogP contribution in [-0.2, 0) is 14.3 Å². The van der Waals surface area contributed by atoms with Crippen LogP contribution in [0.2, 0.25) is 0 Å². The molecule has 0 heterocycles. The van der Waals surface area contributed by atoms with Gasteiger partial charge in [-0.15, -0.1) is 0 Å². The molecule has 0 bridgehead atoms. The van der Waals surface area contributed by atoms with Crippen LogP contribution in [0.15, 0.2) is 28.6 Å². The Morgan fingerprint density at radius 3 is 2.45 bits per heavy atom. The van der Waals surface area contributed by atoms with E-state index in [1.54, 1.807) is 0 Å². The van der Waals surface area contributed by atoms with Crippen LogP contribution in [0, 0.1) is 0 Å². The molecule has 0 amide bonds. The summed E-state index contributed by atoms with van der Waals surface area (Å²) in [7, 11) is 1.41. The first kappa shape index (κ1) is 18.2. The monoisotopic (exact) mass is 295 g/mol. The molecule has 0 saturated heterocycles. The molecule has 5 nitrogen and oxygen atoms in total. The van der Waals surface area contributed by atoms with Crippen LogP contribution < -0.4 is 0 Å². The Balaban J connectivity index is 4.91. The number of allylic oxidation sites excluding steroid dienone is 2. The first-order chi connectivity index (χ1) is 9.30. The molecule has 0 aromatic carbocycles. The molecule has 1 N–H and O–H groups in total. The molecule has 114 valence electrons. The molecule has 0 aromatic rings. The highest BCUT2D eigenvalue weighted by Gasteiger charge is 2.28. The van der Waals surface area contributed by atoms with E-state index < -0.39 is 18.8 Å². The van der Waals surface area contributed by atoms with Crippen molar-refractivity contribution >= 4 is 12.2 Å². The largest absolute Gasteiger partial charge is 0.478 e. The topological polar surface area (TPSA) is 68.1 Å². The summed E-state index contributed by atoms with van der Waals surface area (Å²) in [5.74, 6) is -1.50. The van der Waals surface area contributed by atoms with E-state index in [2.05, 4.69) is 9.73 Å². The van der Waals surface area contributed by atoms with Crippen molar-refractivity contribution < 1.29 is 32.5 Å². The van der Waals surface area contributed by atoms with Crippen molar-refractivity contribution in [3.8, 4) is 0 Å². The van der Waals surface area contributed by atoms with Gasteiger partial charge in [0.05, 0.1) is 6.61 Å². The van der Waals surface area contributed by atoms with E-state index >= 15 is 0 Å². The summed E-state index contributed by atoms with van der Waals surface area (Å²) < 4.78 is 45.2. The second-order valence-electron chi connectivity index (χ2n) is 3.54. The van der Waals surface area contributed by atoms with Crippen LogP contribution in [0.25, 0.3) is 0 Å². The lowest BCUT2D eigenvalue weighted by Gasteiger charge is -2.08.